The molecular weight excluding hydrogens is 1760 g/mol. The summed E-state index contributed by atoms with van der Waals surface area (Å²) in [6, 6.07) is 65.5. The highest BCUT2D eigenvalue weighted by Gasteiger charge is 2.46. The van der Waals surface area contributed by atoms with Gasteiger partial charge in [-0.1, -0.05) is 170 Å². The molecule has 0 radical (unpaired) electrons. The topological polar surface area (TPSA) is 348 Å². The number of nitrogens with zero attached hydrogens (tertiary/aromatic N) is 6. The van der Waals surface area contributed by atoms with E-state index in [4.69, 9.17) is 57.6 Å². The molecular formula is C91H104Br2ClF3N8O19. The Morgan fingerprint density at radius 1 is 0.444 bits per heavy atom. The molecule has 33 heteroatoms. The first-order valence-corrected chi connectivity index (χ1v) is 42.0. The lowest BCUT2D eigenvalue weighted by Gasteiger charge is -2.25. The molecule has 124 heavy (non-hydrogen) atoms. The molecule has 8 aromatic carbocycles. The highest BCUT2D eigenvalue weighted by molar-refractivity contribution is 9.11. The number of aliphatic carboxylic acids is 2. The molecule has 4 saturated heterocycles. The van der Waals surface area contributed by atoms with Crippen LogP contribution in [0.1, 0.15) is 134 Å². The number of nitrogen functional groups attached to an aromatic ring is 1. The summed E-state index contributed by atoms with van der Waals surface area (Å²) in [5, 5.41) is 29.4. The third-order valence-electron chi connectivity index (χ3n) is 18.4. The fourth-order valence-corrected chi connectivity index (χ4v) is 13.9. The number of oxazole rings is 2. The number of hydrogen-bond acceptors (Lipinski definition) is 20. The Labute approximate surface area is 739 Å². The maximum Gasteiger partial charge on any atom is 0.490 e. The van der Waals surface area contributed by atoms with Crippen molar-refractivity contribution in [2.45, 2.75) is 186 Å². The molecule has 0 aliphatic carbocycles. The quantitative estimate of drug-likeness (QED) is 0.0341. The zero-order chi connectivity index (χ0) is 90.5. The Bertz CT molecular complexity index is 4980. The number of halogens is 6. The van der Waals surface area contributed by atoms with E-state index in [1.54, 1.807) is 11.0 Å². The van der Waals surface area contributed by atoms with Crippen molar-refractivity contribution in [1.29, 1.82) is 0 Å². The van der Waals surface area contributed by atoms with E-state index in [0.29, 0.717) is 61.0 Å². The Hall–Kier alpha value is -11.1. The summed E-state index contributed by atoms with van der Waals surface area (Å²) in [5.41, 5.74) is 12.3. The van der Waals surface area contributed by atoms with Crippen molar-refractivity contribution >= 4 is 119 Å². The number of aliphatic hydroxyl groups excluding tert-OH is 1. The summed E-state index contributed by atoms with van der Waals surface area (Å²) in [4.78, 5) is 98.7. The first kappa shape index (κ1) is 98.3. The smallest absolute Gasteiger partial charge is 0.480 e. The third kappa shape index (κ3) is 31.6. The van der Waals surface area contributed by atoms with Crippen LogP contribution in [0.2, 0.25) is 0 Å². The van der Waals surface area contributed by atoms with Crippen LogP contribution in [0.5, 0.6) is 0 Å². The fraction of sp³-hybridized carbons (Fsp3) is 0.374. The van der Waals surface area contributed by atoms with E-state index in [1.807, 2.05) is 275 Å². The number of nitrogens with one attached hydrogen (secondary N) is 1. The predicted octanol–water partition coefficient (Wildman–Crippen LogP) is 19.5. The molecule has 27 nitrogen and oxygen atoms in total. The molecule has 664 valence electrons. The fourth-order valence-electron chi connectivity index (χ4n) is 13.2. The molecule has 0 bridgehead atoms. The van der Waals surface area contributed by atoms with E-state index < -0.39 is 66.2 Å². The SMILES string of the molecule is CC(C)(C)O[C@@H]1C[C@@H](C(=O)Nc2ccccc2Br)N(C(=O)OCc2ccccc2)C1.CC(C)(C)O[C@@H]1C[C@@H](C(=O)O)N(C(=O)OCc2ccccc2)C1.CC(C)(C)O[C@@H]1C[C@@H](c2nc3ccccc3o2)N(C(=O)OCc2ccccc2)C1.CCl.Nc1ccccc1Br.O=C(O)C(F)(F)F.O=C(OCc1ccccc1)N1C[C@H](O)C[C@H]1c1nc2ccccc2o1. The van der Waals surface area contributed by atoms with Crippen LogP contribution in [-0.4, -0.2) is 179 Å². The average Bonchev–Trinajstić information content (AvgIpc) is 2.28. The Morgan fingerprint density at radius 3 is 1.11 bits per heavy atom. The molecule has 6 heterocycles. The van der Waals surface area contributed by atoms with Gasteiger partial charge >= 0.3 is 42.5 Å². The van der Waals surface area contributed by atoms with Crippen molar-refractivity contribution in [3.63, 3.8) is 0 Å². The summed E-state index contributed by atoms with van der Waals surface area (Å²) in [7, 11) is 0. The standard InChI is InChI=1S/C23H27BrN2O4.C23H26N2O4.C19H18N2O4.C17H23NO5.C6H6BrN.C2HF3O2.CH3Cl/c1-23(2,3)30-17-13-20(21(27)25-19-12-8-7-11-18(19)24)26(14-17)22(28)29-15-16-9-5-4-6-10-16;1-23(2,3)29-17-13-19(21-24-18-11-7-8-12-20(18)28-21)25(14-17)22(26)27-15-16-9-5-4-6-10-16;22-14-10-16(18-20-15-8-4-5-9-17(15)25-18)21(11-14)19(23)24-12-13-6-2-1-3-7-13;1-17(2,3)23-13-9-14(15(19)20)18(10-13)16(21)22-11-12-7-5-4-6-8-12;7-5-3-1-2-4-6(5)8;3-2(4,5)1(6)7;1-2/h4-12,17,20H,13-15H2,1-3H3,(H,25,27);4-12,17,19H,13-15H2,1-3H3;1-9,14,16,22H,10-12H2;4-8,13-14H,9-11H2,1-3H3,(H,19,20);1-4H,8H2;(H,6,7);1H3/t17-,20+;17-,19+;14-,16+;13-,14+;;;/m1111.../s1. The van der Waals surface area contributed by atoms with E-state index >= 15 is 0 Å². The number of hydrogen-bond donors (Lipinski definition) is 5. The van der Waals surface area contributed by atoms with Crippen LogP contribution < -0.4 is 11.1 Å². The number of carboxylic acid groups (broad SMARTS) is 2. The van der Waals surface area contributed by atoms with Crippen molar-refractivity contribution < 1.29 is 104 Å². The molecule has 10 aromatic rings. The first-order valence-electron chi connectivity index (χ1n) is 39.6. The second-order valence-corrected chi connectivity index (χ2v) is 33.4. The number of ether oxygens (including phenoxy) is 7. The van der Waals surface area contributed by atoms with Gasteiger partial charge in [0.2, 0.25) is 17.7 Å². The number of aliphatic hydroxyl groups is 1. The summed E-state index contributed by atoms with van der Waals surface area (Å²) in [6.07, 6.45) is -5.23. The van der Waals surface area contributed by atoms with E-state index in [9.17, 15) is 52.2 Å². The number of para-hydroxylation sites is 6. The minimum atomic E-state index is -5.08. The van der Waals surface area contributed by atoms with Crippen molar-refractivity contribution in [1.82, 2.24) is 29.6 Å². The van der Waals surface area contributed by atoms with Gasteiger partial charge in [0, 0.05) is 46.7 Å². The van der Waals surface area contributed by atoms with Crippen LogP contribution in [0.15, 0.2) is 236 Å². The van der Waals surface area contributed by atoms with Crippen LogP contribution >= 0.6 is 43.5 Å². The third-order valence-corrected chi connectivity index (χ3v) is 19.9. The number of alkyl halides is 4. The lowest BCUT2D eigenvalue weighted by molar-refractivity contribution is -0.192. The number of aromatic nitrogens is 2. The molecule has 0 spiro atoms. The zero-order valence-electron chi connectivity index (χ0n) is 70.3. The molecule has 0 saturated carbocycles. The number of nitrogens with two attached hydrogens (primary N) is 1. The van der Waals surface area contributed by atoms with Crippen molar-refractivity contribution in [2.75, 3.05) is 43.6 Å². The number of fused-ring (bicyclic) bond motifs is 2. The van der Waals surface area contributed by atoms with Crippen molar-refractivity contribution in [2.24, 2.45) is 0 Å². The van der Waals surface area contributed by atoms with E-state index in [-0.39, 0.29) is 93.5 Å². The summed E-state index contributed by atoms with van der Waals surface area (Å²) in [5.74, 6) is -3.12. The highest BCUT2D eigenvalue weighted by atomic mass is 79.9. The van der Waals surface area contributed by atoms with Crippen molar-refractivity contribution in [3.8, 4) is 0 Å². The summed E-state index contributed by atoms with van der Waals surface area (Å²) < 4.78 is 84.9. The highest BCUT2D eigenvalue weighted by Crippen LogP contribution is 2.39. The van der Waals surface area contributed by atoms with Gasteiger partial charge in [-0.05, 0) is 165 Å². The number of carbonyl (C=O) groups excluding carboxylic acids is 5. The minimum Gasteiger partial charge on any atom is -0.480 e. The number of β-amino-alcohol motifs (C(OH)–C–C–N with tert-alkyl or cyclic N) is 1. The second kappa shape index (κ2) is 46.6. The normalized spacial score (nSPS) is 18.4. The van der Waals surface area contributed by atoms with Gasteiger partial charge in [-0.3, -0.25) is 24.4 Å². The van der Waals surface area contributed by atoms with Gasteiger partial charge in [0.15, 0.2) is 11.2 Å². The number of benzene rings is 8. The van der Waals surface area contributed by atoms with Gasteiger partial charge in [0.1, 0.15) is 61.6 Å². The molecule has 14 rings (SSSR count). The van der Waals surface area contributed by atoms with Gasteiger partial charge < -0.3 is 68.4 Å². The number of likely N-dealkylation sites (tertiary alicyclic amines) is 4. The molecule has 0 unspecified atom stereocenters. The van der Waals surface area contributed by atoms with Gasteiger partial charge in [-0.25, -0.2) is 38.7 Å². The largest absolute Gasteiger partial charge is 0.490 e. The first-order chi connectivity index (χ1) is 58.8. The van der Waals surface area contributed by atoms with Crippen LogP contribution in [-0.2, 0) is 74.0 Å². The average molecular weight is 1870 g/mol. The number of rotatable bonds is 16. The number of carboxylic acids is 2. The molecule has 4 fully saturated rings. The predicted molar refractivity (Wildman–Crippen MR) is 467 cm³/mol. The molecule has 5 amide bonds. The zero-order valence-corrected chi connectivity index (χ0v) is 74.2. The summed E-state index contributed by atoms with van der Waals surface area (Å²) >= 11 is 11.3. The van der Waals surface area contributed by atoms with Gasteiger partial charge in [-0.2, -0.15) is 13.2 Å². The van der Waals surface area contributed by atoms with Crippen LogP contribution in [0, 0.1) is 0 Å². The number of anilines is 2. The lowest BCUT2D eigenvalue weighted by atomic mass is 10.1. The number of carbonyl (C=O) groups is 7. The van der Waals surface area contributed by atoms with Crippen LogP contribution in [0.25, 0.3) is 22.2 Å². The second-order valence-electron chi connectivity index (χ2n) is 31.7. The Balaban J connectivity index is 0.000000193. The van der Waals surface area contributed by atoms with Gasteiger partial charge in [0.25, 0.3) is 0 Å². The maximum absolute atomic E-state index is 13.0. The van der Waals surface area contributed by atoms with Gasteiger partial charge in [0.05, 0.1) is 73.1 Å². The van der Waals surface area contributed by atoms with Gasteiger partial charge in [-0.15, -0.1) is 11.6 Å². The molecule has 6 N–H and O–H groups in total. The lowest BCUT2D eigenvalue weighted by Crippen LogP contribution is -2.43. The van der Waals surface area contributed by atoms with E-state index in [0.717, 1.165) is 47.9 Å². The Morgan fingerprint density at radius 2 is 0.758 bits per heavy atom. The monoisotopic (exact) mass is 1860 g/mol. The minimum absolute atomic E-state index is 0.112. The maximum atomic E-state index is 13.0. The van der Waals surface area contributed by atoms with E-state index in [1.165, 1.54) is 21.1 Å². The number of amides is 5. The molecule has 2 aromatic heterocycles. The molecule has 4 aliphatic heterocycles. The van der Waals surface area contributed by atoms with E-state index in [2.05, 4.69) is 58.7 Å². The van der Waals surface area contributed by atoms with Crippen LogP contribution in [0.4, 0.5) is 43.7 Å². The van der Waals surface area contributed by atoms with Crippen LogP contribution in [0.3, 0.4) is 0 Å². The Kier molecular flexibility index (Phi) is 36.9. The molecule has 8 atom stereocenters. The molecule has 4 aliphatic rings. The summed E-state index contributed by atoms with van der Waals surface area (Å²) in [6.45, 7) is 19.5. The van der Waals surface area contributed by atoms with Crippen molar-refractivity contribution in [3.05, 3.63) is 261 Å².